The van der Waals surface area contributed by atoms with E-state index < -0.39 is 0 Å². The van der Waals surface area contributed by atoms with Crippen molar-refractivity contribution in [3.05, 3.63) is 0 Å². The maximum absolute atomic E-state index is 13.4. The molecule has 0 heterocycles. The average molecular weight is 351 g/mol. The molecule has 2 saturated carbocycles. The number of hydrogen-bond donors (Lipinski definition) is 0. The van der Waals surface area contributed by atoms with E-state index in [1.807, 2.05) is 0 Å². The molecule has 0 aromatic rings. The van der Waals surface area contributed by atoms with Crippen LogP contribution in [0.1, 0.15) is 106 Å². The van der Waals surface area contributed by atoms with Gasteiger partial charge in [-0.2, -0.15) is 0 Å². The van der Waals surface area contributed by atoms with E-state index in [0.717, 1.165) is 25.2 Å². The van der Waals surface area contributed by atoms with Gasteiger partial charge in [-0.15, -0.1) is 0 Å². The van der Waals surface area contributed by atoms with Crippen LogP contribution in [0.25, 0.3) is 0 Å². The zero-order chi connectivity index (χ0) is 18.9. The first kappa shape index (κ1) is 20.8. The largest absolute Gasteiger partial charge is 0.459 e. The first-order valence-corrected chi connectivity index (χ1v) is 10.7. The Balaban J connectivity index is 2.18. The summed E-state index contributed by atoms with van der Waals surface area (Å²) in [5.41, 5.74) is -0.112. The van der Waals surface area contributed by atoms with E-state index in [0.29, 0.717) is 5.92 Å². The normalized spacial score (nSPS) is 32.0. The molecule has 25 heavy (non-hydrogen) atoms. The Bertz CT molecular complexity index is 457. The molecular formula is C23H42O2. The van der Waals surface area contributed by atoms with Crippen molar-refractivity contribution < 1.29 is 9.53 Å². The van der Waals surface area contributed by atoms with Crippen molar-refractivity contribution in [1.82, 2.24) is 0 Å². The van der Waals surface area contributed by atoms with Crippen LogP contribution in [0.15, 0.2) is 0 Å². The highest BCUT2D eigenvalue weighted by atomic mass is 16.6. The summed E-state index contributed by atoms with van der Waals surface area (Å²) in [6.07, 6.45) is 10.8. The van der Waals surface area contributed by atoms with E-state index in [4.69, 9.17) is 4.74 Å². The van der Waals surface area contributed by atoms with Gasteiger partial charge >= 0.3 is 5.97 Å². The third-order valence-corrected chi connectivity index (χ3v) is 7.23. The standard InChI is InChI=1S/C23H42O2/c1-8-22(5,6)19(16-21(2,3)4)20(24)25-23(7)15-11-13-17-12-9-10-14-18(17)23/h17-19H,8-16H2,1-7H3. The lowest BCUT2D eigenvalue weighted by molar-refractivity contribution is -0.184. The van der Waals surface area contributed by atoms with Gasteiger partial charge in [0.05, 0.1) is 5.92 Å². The number of carbonyl (C=O) groups is 1. The second-order valence-electron chi connectivity index (χ2n) is 10.9. The summed E-state index contributed by atoms with van der Waals surface area (Å²) in [6.45, 7) is 15.6. The van der Waals surface area contributed by atoms with Gasteiger partial charge in [0.15, 0.2) is 0 Å². The van der Waals surface area contributed by atoms with Gasteiger partial charge in [-0.25, -0.2) is 0 Å². The summed E-state index contributed by atoms with van der Waals surface area (Å²) in [5.74, 6) is 1.41. The van der Waals surface area contributed by atoms with Gasteiger partial charge in [-0.3, -0.25) is 4.79 Å². The fourth-order valence-corrected chi connectivity index (χ4v) is 5.22. The minimum atomic E-state index is -0.236. The van der Waals surface area contributed by atoms with Gasteiger partial charge < -0.3 is 4.74 Å². The quantitative estimate of drug-likeness (QED) is 0.511. The molecule has 0 N–H and O–H groups in total. The zero-order valence-corrected chi connectivity index (χ0v) is 17.9. The van der Waals surface area contributed by atoms with Gasteiger partial charge in [-0.05, 0) is 55.8 Å². The van der Waals surface area contributed by atoms with E-state index in [9.17, 15) is 4.79 Å². The van der Waals surface area contributed by atoms with Crippen molar-refractivity contribution >= 4 is 5.97 Å². The van der Waals surface area contributed by atoms with Crippen LogP contribution in [-0.2, 0) is 9.53 Å². The predicted octanol–water partition coefficient (Wildman–Crippen LogP) is 6.77. The molecule has 4 unspecified atom stereocenters. The SMILES string of the molecule is CCC(C)(C)C(CC(C)(C)C)C(=O)OC1(C)CCCC2CCCCC21. The number of esters is 1. The van der Waals surface area contributed by atoms with Crippen molar-refractivity contribution in [2.45, 2.75) is 112 Å². The summed E-state index contributed by atoms with van der Waals surface area (Å²) in [5, 5.41) is 0. The van der Waals surface area contributed by atoms with Crippen LogP contribution >= 0.6 is 0 Å². The summed E-state index contributed by atoms with van der Waals surface area (Å²) in [7, 11) is 0. The third-order valence-electron chi connectivity index (χ3n) is 7.23. The fourth-order valence-electron chi connectivity index (χ4n) is 5.22. The van der Waals surface area contributed by atoms with Crippen molar-refractivity contribution in [2.24, 2.45) is 28.6 Å². The molecule has 146 valence electrons. The second-order valence-corrected chi connectivity index (χ2v) is 10.9. The van der Waals surface area contributed by atoms with Gasteiger partial charge in [-0.1, -0.05) is 67.2 Å². The Kier molecular flexibility index (Phi) is 6.32. The summed E-state index contributed by atoms with van der Waals surface area (Å²) in [4.78, 5) is 13.4. The molecule has 2 aliphatic carbocycles. The summed E-state index contributed by atoms with van der Waals surface area (Å²) in [6, 6.07) is 0. The first-order valence-electron chi connectivity index (χ1n) is 10.7. The number of rotatable bonds is 5. The van der Waals surface area contributed by atoms with E-state index in [2.05, 4.69) is 48.5 Å². The molecule has 0 amide bonds. The van der Waals surface area contributed by atoms with Crippen LogP contribution < -0.4 is 0 Å². The Labute approximate surface area is 156 Å². The molecule has 2 heteroatoms. The van der Waals surface area contributed by atoms with Crippen molar-refractivity contribution in [3.8, 4) is 0 Å². The van der Waals surface area contributed by atoms with E-state index in [-0.39, 0.29) is 28.3 Å². The van der Waals surface area contributed by atoms with Crippen LogP contribution in [-0.4, -0.2) is 11.6 Å². The van der Waals surface area contributed by atoms with Crippen LogP contribution in [0.4, 0.5) is 0 Å². The predicted molar refractivity (Wildman–Crippen MR) is 105 cm³/mol. The molecule has 4 atom stereocenters. The number of ether oxygens (including phenoxy) is 1. The van der Waals surface area contributed by atoms with Gasteiger partial charge in [0.1, 0.15) is 5.60 Å². The molecule has 0 bridgehead atoms. The monoisotopic (exact) mass is 350 g/mol. The molecule has 0 aromatic carbocycles. The summed E-state index contributed by atoms with van der Waals surface area (Å²) < 4.78 is 6.41. The highest BCUT2D eigenvalue weighted by Crippen LogP contribution is 2.49. The number of hydrogen-bond acceptors (Lipinski definition) is 2. The maximum Gasteiger partial charge on any atom is 0.310 e. The molecule has 2 fully saturated rings. The number of fused-ring (bicyclic) bond motifs is 1. The highest BCUT2D eigenvalue weighted by molar-refractivity contribution is 5.74. The minimum Gasteiger partial charge on any atom is -0.459 e. The molecule has 2 aliphatic rings. The maximum atomic E-state index is 13.4. The first-order chi connectivity index (χ1) is 11.5. The van der Waals surface area contributed by atoms with E-state index in [1.54, 1.807) is 0 Å². The van der Waals surface area contributed by atoms with Crippen molar-refractivity contribution in [1.29, 1.82) is 0 Å². The Morgan fingerprint density at radius 1 is 1.08 bits per heavy atom. The lowest BCUT2D eigenvalue weighted by atomic mass is 9.63. The molecule has 0 saturated heterocycles. The number of carbonyl (C=O) groups excluding carboxylic acids is 1. The summed E-state index contributed by atoms with van der Waals surface area (Å²) >= 11 is 0. The second kappa shape index (κ2) is 7.61. The molecule has 0 radical (unpaired) electrons. The van der Waals surface area contributed by atoms with Gasteiger partial charge in [0, 0.05) is 5.92 Å². The zero-order valence-electron chi connectivity index (χ0n) is 17.9. The molecule has 0 aliphatic heterocycles. The van der Waals surface area contributed by atoms with Crippen molar-refractivity contribution in [2.75, 3.05) is 0 Å². The molecule has 0 aromatic heterocycles. The van der Waals surface area contributed by atoms with E-state index in [1.165, 1.54) is 38.5 Å². The van der Waals surface area contributed by atoms with Crippen molar-refractivity contribution in [3.63, 3.8) is 0 Å². The lowest BCUT2D eigenvalue weighted by Crippen LogP contribution is -2.49. The smallest absolute Gasteiger partial charge is 0.310 e. The van der Waals surface area contributed by atoms with Crippen LogP contribution in [0.3, 0.4) is 0 Å². The third kappa shape index (κ3) is 5.01. The molecule has 0 spiro atoms. The molecule has 2 nitrogen and oxygen atoms in total. The fraction of sp³-hybridized carbons (Fsp3) is 0.957. The van der Waals surface area contributed by atoms with Gasteiger partial charge in [0.2, 0.25) is 0 Å². The van der Waals surface area contributed by atoms with E-state index >= 15 is 0 Å². The lowest BCUT2D eigenvalue weighted by Gasteiger charge is -2.49. The molecular weight excluding hydrogens is 308 g/mol. The Hall–Kier alpha value is -0.530. The molecule has 2 rings (SSSR count). The minimum absolute atomic E-state index is 0.0125. The highest BCUT2D eigenvalue weighted by Gasteiger charge is 2.48. The van der Waals surface area contributed by atoms with Crippen LogP contribution in [0.5, 0.6) is 0 Å². The van der Waals surface area contributed by atoms with Gasteiger partial charge in [0.25, 0.3) is 0 Å². The van der Waals surface area contributed by atoms with Crippen LogP contribution in [0.2, 0.25) is 0 Å². The Morgan fingerprint density at radius 3 is 2.28 bits per heavy atom. The van der Waals surface area contributed by atoms with Crippen LogP contribution in [0, 0.1) is 28.6 Å². The topological polar surface area (TPSA) is 26.3 Å². The average Bonchev–Trinajstić information content (AvgIpc) is 2.52. The Morgan fingerprint density at radius 2 is 1.68 bits per heavy atom.